The Bertz CT molecular complexity index is 3120. The molecule has 0 saturated carbocycles. The van der Waals surface area contributed by atoms with Crippen LogP contribution in [0.4, 0.5) is 17.1 Å². The number of hydrogen-bond donors (Lipinski definition) is 0. The molecule has 0 saturated heterocycles. The van der Waals surface area contributed by atoms with Crippen LogP contribution in [0.5, 0.6) is 0 Å². The van der Waals surface area contributed by atoms with Crippen LogP contribution in [0, 0.1) is 12.1 Å². The molecule has 61 heavy (non-hydrogen) atoms. The molecule has 10 rings (SSSR count). The Hall–Kier alpha value is -6.55. The van der Waals surface area contributed by atoms with E-state index in [0.29, 0.717) is 5.92 Å². The van der Waals surface area contributed by atoms with Gasteiger partial charge in [0.2, 0.25) is 0 Å². The van der Waals surface area contributed by atoms with Crippen LogP contribution in [0.3, 0.4) is 0 Å². The van der Waals surface area contributed by atoms with E-state index in [1.54, 1.807) is 0 Å². The van der Waals surface area contributed by atoms with Crippen molar-refractivity contribution in [2.45, 2.75) is 46.1 Å². The van der Waals surface area contributed by atoms with Gasteiger partial charge in [-0.15, -0.1) is 29.7 Å². The number of rotatable bonds is 8. The topological polar surface area (TPSA) is 30.9 Å². The molecule has 3 heterocycles. The fourth-order valence-electron chi connectivity index (χ4n) is 8.58. The van der Waals surface area contributed by atoms with Crippen molar-refractivity contribution in [1.82, 2.24) is 18.7 Å². The maximum absolute atomic E-state index is 4.97. The molecule has 3 aromatic heterocycles. The minimum Gasteiger partial charge on any atom is -0.357 e. The second kappa shape index (κ2) is 16.1. The normalized spacial score (nSPS) is 11.7. The SMILES string of the molecule is CC(C)c1ccnc(-n2c3[c-]c(N(c4[c-]c(-n5[cH+]n(C(C)(C)C)c6ccccc65)ccc4)c4c(-c5ccccc5)cccc4-c4ccccc4)ccc3c3ccccc32)c1.[Pt]. The molecule has 0 amide bonds. The Balaban J connectivity index is 0.00000476. The fourth-order valence-corrected chi connectivity index (χ4v) is 8.58. The molecule has 6 heteroatoms. The van der Waals surface area contributed by atoms with Crippen LogP contribution >= 0.6 is 0 Å². The zero-order chi connectivity index (χ0) is 41.0. The van der Waals surface area contributed by atoms with Crippen molar-refractivity contribution in [2.24, 2.45) is 0 Å². The molecule has 0 aliphatic carbocycles. The van der Waals surface area contributed by atoms with Crippen LogP contribution in [-0.2, 0) is 26.6 Å². The average molecular weight is 972 g/mol. The largest absolute Gasteiger partial charge is 0.357 e. The molecule has 0 spiro atoms. The van der Waals surface area contributed by atoms with E-state index in [1.165, 1.54) is 11.1 Å². The third kappa shape index (κ3) is 7.17. The predicted octanol–water partition coefficient (Wildman–Crippen LogP) is 14.5. The van der Waals surface area contributed by atoms with Gasteiger partial charge in [-0.3, -0.25) is 0 Å². The number of benzene rings is 7. The molecule has 0 radical (unpaired) electrons. The molecular formula is C55H46N5Pt-. The number of anilines is 3. The number of hydrogen-bond acceptors (Lipinski definition) is 2. The van der Waals surface area contributed by atoms with Crippen molar-refractivity contribution in [3.8, 4) is 33.8 Å². The van der Waals surface area contributed by atoms with E-state index in [2.05, 4.69) is 242 Å². The molecule has 0 unspecified atom stereocenters. The molecule has 10 aromatic rings. The quantitative estimate of drug-likeness (QED) is 0.142. The number of fused-ring (bicyclic) bond motifs is 4. The minimum atomic E-state index is -0.125. The first-order chi connectivity index (χ1) is 29.2. The predicted molar refractivity (Wildman–Crippen MR) is 250 cm³/mol. The number of nitrogens with zero attached hydrogens (tertiary/aromatic N) is 5. The monoisotopic (exact) mass is 971 g/mol. The van der Waals surface area contributed by atoms with E-state index in [9.17, 15) is 0 Å². The fraction of sp³-hybridized carbons (Fsp3) is 0.127. The van der Waals surface area contributed by atoms with Crippen molar-refractivity contribution in [3.63, 3.8) is 0 Å². The Kier molecular flexibility index (Phi) is 10.6. The van der Waals surface area contributed by atoms with Crippen LogP contribution in [0.1, 0.15) is 46.1 Å². The number of imidazole rings is 1. The van der Waals surface area contributed by atoms with E-state index in [4.69, 9.17) is 4.98 Å². The summed E-state index contributed by atoms with van der Waals surface area (Å²) in [5, 5.41) is 2.28. The zero-order valence-electron chi connectivity index (χ0n) is 35.0. The van der Waals surface area contributed by atoms with E-state index >= 15 is 0 Å². The van der Waals surface area contributed by atoms with Gasteiger partial charge in [-0.25, -0.2) is 14.1 Å². The standard InChI is InChI=1S/C55H46N5.Pt/c1-38(2)41-32-33-56-53(34-41)60-49-27-13-12-24-47(49)48-31-30-44(36-52(48)60)59(54-45(39-18-8-6-9-19-39)25-17-26-46(54)40-20-10-7-11-21-40)43-23-16-22-42(35-43)57-37-58(55(3,4)5)51-29-15-14-28-50(51)57;/h6-34,37-38H,1-5H3;/q-1;. The molecule has 0 aliphatic rings. The molecule has 7 aromatic carbocycles. The molecule has 0 fully saturated rings. The maximum Gasteiger partial charge on any atom is 0.188 e. The molecule has 0 bridgehead atoms. The molecule has 0 aliphatic heterocycles. The summed E-state index contributed by atoms with van der Waals surface area (Å²) in [6.45, 7) is 11.2. The first-order valence-electron chi connectivity index (χ1n) is 20.8. The Labute approximate surface area is 372 Å². The summed E-state index contributed by atoms with van der Waals surface area (Å²) in [4.78, 5) is 7.33. The molecule has 0 N–H and O–H groups in total. The van der Waals surface area contributed by atoms with Crippen molar-refractivity contribution in [1.29, 1.82) is 0 Å². The van der Waals surface area contributed by atoms with Crippen LogP contribution in [0.25, 0.3) is 66.6 Å². The van der Waals surface area contributed by atoms with Gasteiger partial charge in [-0.2, -0.15) is 12.1 Å². The molecular weight excluding hydrogens is 926 g/mol. The Morgan fingerprint density at radius 2 is 1.20 bits per heavy atom. The van der Waals surface area contributed by atoms with Gasteiger partial charge < -0.3 is 9.47 Å². The smallest absolute Gasteiger partial charge is 0.188 e. The molecule has 0 atom stereocenters. The van der Waals surface area contributed by atoms with Crippen molar-refractivity contribution in [2.75, 3.05) is 4.90 Å². The summed E-state index contributed by atoms with van der Waals surface area (Å²) < 4.78 is 6.89. The summed E-state index contributed by atoms with van der Waals surface area (Å²) in [6.07, 6.45) is 4.14. The Morgan fingerprint density at radius 1 is 0.590 bits per heavy atom. The second-order valence-electron chi connectivity index (χ2n) is 16.8. The maximum atomic E-state index is 4.97. The third-order valence-corrected chi connectivity index (χ3v) is 11.5. The van der Waals surface area contributed by atoms with Crippen LogP contribution < -0.4 is 4.90 Å². The number of para-hydroxylation sites is 4. The van der Waals surface area contributed by atoms with E-state index in [0.717, 1.165) is 78.1 Å². The Morgan fingerprint density at radius 3 is 1.87 bits per heavy atom. The van der Waals surface area contributed by atoms with Crippen molar-refractivity contribution >= 4 is 49.9 Å². The van der Waals surface area contributed by atoms with Crippen molar-refractivity contribution in [3.05, 3.63) is 200 Å². The summed E-state index contributed by atoms with van der Waals surface area (Å²) in [7, 11) is 0. The summed E-state index contributed by atoms with van der Waals surface area (Å²) in [6, 6.07) is 68.5. The zero-order valence-corrected chi connectivity index (χ0v) is 37.2. The number of pyridine rings is 1. The first-order valence-corrected chi connectivity index (χ1v) is 20.8. The van der Waals surface area contributed by atoms with Crippen molar-refractivity contribution < 1.29 is 21.1 Å². The van der Waals surface area contributed by atoms with E-state index in [-0.39, 0.29) is 26.6 Å². The van der Waals surface area contributed by atoms with Gasteiger partial charge in [0.05, 0.1) is 11.2 Å². The molecule has 5 nitrogen and oxygen atoms in total. The van der Waals surface area contributed by atoms with E-state index < -0.39 is 0 Å². The first kappa shape index (κ1) is 39.9. The van der Waals surface area contributed by atoms with Crippen LogP contribution in [0.15, 0.2) is 182 Å². The van der Waals surface area contributed by atoms with Gasteiger partial charge in [0.1, 0.15) is 5.82 Å². The second-order valence-corrected chi connectivity index (χ2v) is 16.8. The van der Waals surface area contributed by atoms with Crippen LogP contribution in [0.2, 0.25) is 0 Å². The van der Waals surface area contributed by atoms with Gasteiger partial charge in [-0.1, -0.05) is 134 Å². The van der Waals surface area contributed by atoms with Gasteiger partial charge >= 0.3 is 0 Å². The van der Waals surface area contributed by atoms with Gasteiger partial charge in [0.15, 0.2) is 17.4 Å². The third-order valence-electron chi connectivity index (χ3n) is 11.5. The van der Waals surface area contributed by atoms with E-state index in [1.807, 2.05) is 6.20 Å². The number of aromatic nitrogens is 4. The van der Waals surface area contributed by atoms with Gasteiger partial charge in [0, 0.05) is 61.7 Å². The average Bonchev–Trinajstić information content (AvgIpc) is 3.84. The summed E-state index contributed by atoms with van der Waals surface area (Å²) in [5.41, 5.74) is 13.7. The molecule has 302 valence electrons. The van der Waals surface area contributed by atoms with Gasteiger partial charge in [-0.05, 0) is 79.1 Å². The summed E-state index contributed by atoms with van der Waals surface area (Å²) in [5.74, 6) is 1.24. The van der Waals surface area contributed by atoms with Gasteiger partial charge in [0.25, 0.3) is 0 Å². The van der Waals surface area contributed by atoms with Crippen LogP contribution in [-0.4, -0.2) is 18.7 Å². The summed E-state index contributed by atoms with van der Waals surface area (Å²) >= 11 is 0. The minimum absolute atomic E-state index is 0.